The SMILES string of the molecule is O=C(NC(Cc1ccc(O)c(O)c1)C(=O)O)C1CCNC1. The predicted octanol–water partition coefficient (Wildman–Crippen LogP) is -0.181. The number of carbonyl (C=O) groups is 2. The highest BCUT2D eigenvalue weighted by molar-refractivity contribution is 5.85. The molecule has 0 aromatic heterocycles. The van der Waals surface area contributed by atoms with E-state index < -0.39 is 12.0 Å². The minimum atomic E-state index is -1.14. The van der Waals surface area contributed by atoms with E-state index >= 15 is 0 Å². The standard InChI is InChI=1S/C14H18N2O5/c17-11-2-1-8(6-12(11)18)5-10(14(20)21)16-13(19)9-3-4-15-7-9/h1-2,6,9-10,15,17-18H,3-5,7H2,(H,16,19)(H,20,21). The Labute approximate surface area is 121 Å². The molecule has 2 rings (SSSR count). The van der Waals surface area contributed by atoms with Gasteiger partial charge in [-0.1, -0.05) is 6.07 Å². The third-order valence-electron chi connectivity index (χ3n) is 3.53. The fraction of sp³-hybridized carbons (Fsp3) is 0.429. The topological polar surface area (TPSA) is 119 Å². The molecule has 0 bridgehead atoms. The van der Waals surface area contributed by atoms with Gasteiger partial charge in [0.25, 0.3) is 0 Å². The zero-order valence-corrected chi connectivity index (χ0v) is 11.4. The van der Waals surface area contributed by atoms with Crippen molar-refractivity contribution in [1.29, 1.82) is 0 Å². The van der Waals surface area contributed by atoms with E-state index in [2.05, 4.69) is 10.6 Å². The van der Waals surface area contributed by atoms with Crippen LogP contribution < -0.4 is 10.6 Å². The maximum atomic E-state index is 12.0. The van der Waals surface area contributed by atoms with Gasteiger partial charge in [-0.15, -0.1) is 0 Å². The molecule has 0 radical (unpaired) electrons. The molecule has 0 spiro atoms. The molecule has 5 N–H and O–H groups in total. The number of aliphatic carboxylic acids is 1. The van der Waals surface area contributed by atoms with Gasteiger partial charge in [0, 0.05) is 13.0 Å². The van der Waals surface area contributed by atoms with Gasteiger partial charge in [-0.25, -0.2) is 4.79 Å². The number of nitrogens with one attached hydrogen (secondary N) is 2. The van der Waals surface area contributed by atoms with Crippen molar-refractivity contribution in [2.75, 3.05) is 13.1 Å². The van der Waals surface area contributed by atoms with Gasteiger partial charge >= 0.3 is 5.97 Å². The number of phenolic OH excluding ortho intramolecular Hbond substituents is 2. The first kappa shape index (κ1) is 15.1. The minimum absolute atomic E-state index is 0.0368. The molecule has 0 aliphatic carbocycles. The largest absolute Gasteiger partial charge is 0.504 e. The Bertz CT molecular complexity index is 540. The second-order valence-corrected chi connectivity index (χ2v) is 5.12. The van der Waals surface area contributed by atoms with E-state index in [1.807, 2.05) is 0 Å². The van der Waals surface area contributed by atoms with E-state index in [0.29, 0.717) is 18.5 Å². The van der Waals surface area contributed by atoms with E-state index in [1.165, 1.54) is 18.2 Å². The molecule has 1 saturated heterocycles. The normalized spacial score (nSPS) is 19.1. The molecule has 1 aliphatic heterocycles. The lowest BCUT2D eigenvalue weighted by Crippen LogP contribution is -2.45. The smallest absolute Gasteiger partial charge is 0.326 e. The summed E-state index contributed by atoms with van der Waals surface area (Å²) in [6.07, 6.45) is 0.729. The molecule has 21 heavy (non-hydrogen) atoms. The highest BCUT2D eigenvalue weighted by Crippen LogP contribution is 2.25. The molecule has 1 fully saturated rings. The van der Waals surface area contributed by atoms with E-state index in [-0.39, 0.29) is 29.7 Å². The minimum Gasteiger partial charge on any atom is -0.504 e. The Morgan fingerprint density at radius 3 is 2.67 bits per heavy atom. The van der Waals surface area contributed by atoms with Crippen LogP contribution in [0.15, 0.2) is 18.2 Å². The van der Waals surface area contributed by atoms with Crippen LogP contribution >= 0.6 is 0 Å². The predicted molar refractivity (Wildman–Crippen MR) is 74.0 cm³/mol. The summed E-state index contributed by atoms with van der Waals surface area (Å²) in [6, 6.07) is 3.01. The van der Waals surface area contributed by atoms with E-state index in [0.717, 1.165) is 6.54 Å². The summed E-state index contributed by atoms with van der Waals surface area (Å²) in [5, 5.41) is 33.4. The highest BCUT2D eigenvalue weighted by atomic mass is 16.4. The van der Waals surface area contributed by atoms with Crippen LogP contribution in [0.3, 0.4) is 0 Å². The fourth-order valence-electron chi connectivity index (χ4n) is 2.30. The second kappa shape index (κ2) is 6.45. The van der Waals surface area contributed by atoms with Crippen LogP contribution in [0, 0.1) is 5.92 Å². The van der Waals surface area contributed by atoms with Crippen LogP contribution in [0.1, 0.15) is 12.0 Å². The lowest BCUT2D eigenvalue weighted by Gasteiger charge is -2.17. The summed E-state index contributed by atoms with van der Waals surface area (Å²) >= 11 is 0. The maximum absolute atomic E-state index is 12.0. The van der Waals surface area contributed by atoms with Gasteiger partial charge in [-0.05, 0) is 30.7 Å². The molecule has 1 aliphatic rings. The zero-order valence-electron chi connectivity index (χ0n) is 11.4. The van der Waals surface area contributed by atoms with E-state index in [1.54, 1.807) is 0 Å². The molecular formula is C14H18N2O5. The third kappa shape index (κ3) is 3.85. The highest BCUT2D eigenvalue weighted by Gasteiger charge is 2.27. The van der Waals surface area contributed by atoms with Crippen LogP contribution in [0.4, 0.5) is 0 Å². The Hall–Kier alpha value is -2.28. The van der Waals surface area contributed by atoms with Gasteiger partial charge in [0.15, 0.2) is 11.5 Å². The Morgan fingerprint density at radius 2 is 2.10 bits per heavy atom. The molecule has 0 saturated carbocycles. The van der Waals surface area contributed by atoms with Crippen molar-refractivity contribution in [1.82, 2.24) is 10.6 Å². The van der Waals surface area contributed by atoms with Crippen molar-refractivity contribution in [3.8, 4) is 11.5 Å². The summed E-state index contributed by atoms with van der Waals surface area (Å²) in [4.78, 5) is 23.2. The van der Waals surface area contributed by atoms with Crippen molar-refractivity contribution in [2.45, 2.75) is 18.9 Å². The van der Waals surface area contributed by atoms with E-state index in [4.69, 9.17) is 0 Å². The molecule has 1 heterocycles. The first-order valence-corrected chi connectivity index (χ1v) is 6.72. The van der Waals surface area contributed by atoms with Gasteiger partial charge in [-0.3, -0.25) is 4.79 Å². The van der Waals surface area contributed by atoms with E-state index in [9.17, 15) is 24.9 Å². The quantitative estimate of drug-likeness (QED) is 0.481. The van der Waals surface area contributed by atoms with Crippen molar-refractivity contribution in [3.63, 3.8) is 0 Å². The maximum Gasteiger partial charge on any atom is 0.326 e. The molecule has 1 aromatic carbocycles. The summed E-state index contributed by atoms with van der Waals surface area (Å²) in [7, 11) is 0. The average Bonchev–Trinajstić information content (AvgIpc) is 2.96. The number of hydrogen-bond donors (Lipinski definition) is 5. The molecular weight excluding hydrogens is 276 g/mol. The van der Waals surface area contributed by atoms with Crippen LogP contribution in [-0.4, -0.2) is 46.3 Å². The number of amides is 1. The third-order valence-corrected chi connectivity index (χ3v) is 3.53. The molecule has 7 nitrogen and oxygen atoms in total. The first-order valence-electron chi connectivity index (χ1n) is 6.72. The number of carbonyl (C=O) groups excluding carboxylic acids is 1. The average molecular weight is 294 g/mol. The summed E-state index contributed by atoms with van der Waals surface area (Å²) in [5.74, 6) is -2.22. The number of phenols is 2. The number of rotatable bonds is 5. The van der Waals surface area contributed by atoms with Gasteiger partial charge in [0.1, 0.15) is 6.04 Å². The molecule has 114 valence electrons. The van der Waals surface area contributed by atoms with Gasteiger partial charge in [0.2, 0.25) is 5.91 Å². The van der Waals surface area contributed by atoms with Crippen molar-refractivity contribution < 1.29 is 24.9 Å². The van der Waals surface area contributed by atoms with Crippen LogP contribution in [0.25, 0.3) is 0 Å². The number of carboxylic acids is 1. The number of carboxylic acid groups (broad SMARTS) is 1. The Balaban J connectivity index is 2.03. The lowest BCUT2D eigenvalue weighted by molar-refractivity contribution is -0.142. The second-order valence-electron chi connectivity index (χ2n) is 5.12. The summed E-state index contributed by atoms with van der Waals surface area (Å²) in [6.45, 7) is 1.31. The Kier molecular flexibility index (Phi) is 4.64. The molecule has 1 amide bonds. The molecule has 1 aromatic rings. The van der Waals surface area contributed by atoms with Gasteiger partial charge < -0.3 is 26.0 Å². The molecule has 2 atom stereocenters. The lowest BCUT2D eigenvalue weighted by atomic mass is 10.0. The van der Waals surface area contributed by atoms with Crippen molar-refractivity contribution in [3.05, 3.63) is 23.8 Å². The van der Waals surface area contributed by atoms with Gasteiger partial charge in [0.05, 0.1) is 5.92 Å². The van der Waals surface area contributed by atoms with Crippen LogP contribution in [-0.2, 0) is 16.0 Å². The first-order chi connectivity index (χ1) is 9.97. The fourth-order valence-corrected chi connectivity index (χ4v) is 2.30. The summed E-state index contributed by atoms with van der Waals surface area (Å²) in [5.41, 5.74) is 0.516. The van der Waals surface area contributed by atoms with Gasteiger partial charge in [-0.2, -0.15) is 0 Å². The molecule has 2 unspecified atom stereocenters. The number of aromatic hydroxyl groups is 2. The number of benzene rings is 1. The summed E-state index contributed by atoms with van der Waals surface area (Å²) < 4.78 is 0. The monoisotopic (exact) mass is 294 g/mol. The number of hydrogen-bond acceptors (Lipinski definition) is 5. The van der Waals surface area contributed by atoms with Crippen LogP contribution in [0.2, 0.25) is 0 Å². The Morgan fingerprint density at radius 1 is 1.33 bits per heavy atom. The van der Waals surface area contributed by atoms with Crippen molar-refractivity contribution in [2.24, 2.45) is 5.92 Å². The van der Waals surface area contributed by atoms with Crippen molar-refractivity contribution >= 4 is 11.9 Å². The molecule has 7 heteroatoms. The zero-order chi connectivity index (χ0) is 15.4. The van der Waals surface area contributed by atoms with Crippen LogP contribution in [0.5, 0.6) is 11.5 Å².